The van der Waals surface area contributed by atoms with Crippen LogP contribution in [0.1, 0.15) is 31.7 Å². The van der Waals surface area contributed by atoms with Gasteiger partial charge in [-0.15, -0.1) is 0 Å². The Labute approximate surface area is 130 Å². The van der Waals surface area contributed by atoms with Gasteiger partial charge in [0.25, 0.3) is 0 Å². The van der Waals surface area contributed by atoms with Gasteiger partial charge in [0.15, 0.2) is 0 Å². The lowest BCUT2D eigenvalue weighted by Crippen LogP contribution is -2.51. The number of sulfonamides is 1. The monoisotopic (exact) mass is 327 g/mol. The summed E-state index contributed by atoms with van der Waals surface area (Å²) >= 11 is 6.06. The highest BCUT2D eigenvalue weighted by atomic mass is 35.5. The highest BCUT2D eigenvalue weighted by Crippen LogP contribution is 2.32. The molecule has 1 saturated heterocycles. The standard InChI is InChI=1S/C14H18ClN3O2S/c1-10-3-2-4-12(9-17)18(10)21(19,20)14-6-5-11(8-16)7-13(14)15/h5-7,10,12H,2-4,9,17H2,1H3. The summed E-state index contributed by atoms with van der Waals surface area (Å²) in [6.45, 7) is 2.17. The van der Waals surface area contributed by atoms with Crippen LogP contribution in [0.4, 0.5) is 0 Å². The molecule has 1 heterocycles. The molecule has 2 atom stereocenters. The van der Waals surface area contributed by atoms with Gasteiger partial charge in [0.1, 0.15) is 4.90 Å². The summed E-state index contributed by atoms with van der Waals surface area (Å²) < 4.78 is 27.3. The van der Waals surface area contributed by atoms with Crippen molar-refractivity contribution >= 4 is 21.6 Å². The summed E-state index contributed by atoms with van der Waals surface area (Å²) in [4.78, 5) is 0.0374. The van der Waals surface area contributed by atoms with Crippen molar-refractivity contribution in [1.82, 2.24) is 4.31 Å². The van der Waals surface area contributed by atoms with E-state index in [0.29, 0.717) is 5.56 Å². The summed E-state index contributed by atoms with van der Waals surface area (Å²) in [5, 5.41) is 8.91. The number of hydrogen-bond acceptors (Lipinski definition) is 4. The van der Waals surface area contributed by atoms with Gasteiger partial charge in [0.05, 0.1) is 16.7 Å². The molecule has 1 aromatic rings. The highest BCUT2D eigenvalue weighted by molar-refractivity contribution is 7.89. The van der Waals surface area contributed by atoms with Gasteiger partial charge in [-0.05, 0) is 38.0 Å². The lowest BCUT2D eigenvalue weighted by atomic mass is 10.00. The summed E-state index contributed by atoms with van der Waals surface area (Å²) in [5.41, 5.74) is 6.07. The molecular formula is C14H18ClN3O2S. The van der Waals surface area contributed by atoms with Crippen LogP contribution in [0.25, 0.3) is 0 Å². The molecule has 114 valence electrons. The minimum Gasteiger partial charge on any atom is -0.329 e. The predicted molar refractivity (Wildman–Crippen MR) is 81.3 cm³/mol. The molecule has 2 rings (SSSR count). The molecule has 0 saturated carbocycles. The largest absolute Gasteiger partial charge is 0.329 e. The average molecular weight is 328 g/mol. The lowest BCUT2D eigenvalue weighted by Gasteiger charge is -2.39. The molecule has 0 spiro atoms. The zero-order valence-electron chi connectivity index (χ0n) is 11.8. The normalized spacial score (nSPS) is 23.7. The van der Waals surface area contributed by atoms with E-state index in [9.17, 15) is 8.42 Å². The maximum Gasteiger partial charge on any atom is 0.245 e. The number of benzene rings is 1. The van der Waals surface area contributed by atoms with E-state index in [1.807, 2.05) is 13.0 Å². The Morgan fingerprint density at radius 2 is 2.19 bits per heavy atom. The topological polar surface area (TPSA) is 87.2 Å². The molecule has 1 aromatic carbocycles. The first-order valence-electron chi connectivity index (χ1n) is 6.85. The predicted octanol–water partition coefficient (Wildman–Crippen LogP) is 2.10. The third-order valence-electron chi connectivity index (χ3n) is 3.84. The molecule has 0 amide bonds. The van der Waals surface area contributed by atoms with Crippen LogP contribution in [0.5, 0.6) is 0 Å². The number of hydrogen-bond donors (Lipinski definition) is 1. The molecule has 1 fully saturated rings. The number of halogens is 1. The van der Waals surface area contributed by atoms with E-state index >= 15 is 0 Å². The molecule has 1 aliphatic heterocycles. The number of rotatable bonds is 3. The second-order valence-electron chi connectivity index (χ2n) is 5.26. The van der Waals surface area contributed by atoms with E-state index in [1.165, 1.54) is 22.5 Å². The van der Waals surface area contributed by atoms with Crippen LogP contribution in [0.3, 0.4) is 0 Å². The van der Waals surface area contributed by atoms with Gasteiger partial charge in [-0.1, -0.05) is 18.0 Å². The average Bonchev–Trinajstić information content (AvgIpc) is 2.46. The van der Waals surface area contributed by atoms with E-state index in [0.717, 1.165) is 19.3 Å². The van der Waals surface area contributed by atoms with Crippen LogP contribution >= 0.6 is 11.6 Å². The number of nitriles is 1. The van der Waals surface area contributed by atoms with Crippen LogP contribution in [0, 0.1) is 11.3 Å². The summed E-state index contributed by atoms with van der Waals surface area (Å²) in [7, 11) is -3.72. The summed E-state index contributed by atoms with van der Waals surface area (Å²) in [6, 6.07) is 5.86. The number of nitrogens with two attached hydrogens (primary N) is 1. The maximum atomic E-state index is 12.9. The van der Waals surface area contributed by atoms with E-state index in [1.54, 1.807) is 0 Å². The van der Waals surface area contributed by atoms with Crippen molar-refractivity contribution in [1.29, 1.82) is 5.26 Å². The smallest absolute Gasteiger partial charge is 0.245 e. The molecule has 0 aliphatic carbocycles. The molecule has 2 unspecified atom stereocenters. The van der Waals surface area contributed by atoms with Crippen LogP contribution in [0.2, 0.25) is 5.02 Å². The van der Waals surface area contributed by atoms with Gasteiger partial charge in [-0.2, -0.15) is 9.57 Å². The van der Waals surface area contributed by atoms with Crippen LogP contribution in [0.15, 0.2) is 23.1 Å². The molecule has 5 nitrogen and oxygen atoms in total. The van der Waals surface area contributed by atoms with Gasteiger partial charge in [0.2, 0.25) is 10.0 Å². The quantitative estimate of drug-likeness (QED) is 0.921. The Bertz CT molecular complexity index is 669. The molecule has 7 heteroatoms. The van der Waals surface area contributed by atoms with Crippen molar-refractivity contribution in [2.75, 3.05) is 6.54 Å². The van der Waals surface area contributed by atoms with Gasteiger partial charge in [0, 0.05) is 18.6 Å². The van der Waals surface area contributed by atoms with Gasteiger partial charge in [-0.3, -0.25) is 0 Å². The fourth-order valence-corrected chi connectivity index (χ4v) is 5.22. The van der Waals surface area contributed by atoms with Crippen molar-refractivity contribution in [3.8, 4) is 6.07 Å². The van der Waals surface area contributed by atoms with Crippen molar-refractivity contribution in [3.05, 3.63) is 28.8 Å². The zero-order valence-corrected chi connectivity index (χ0v) is 13.4. The molecule has 21 heavy (non-hydrogen) atoms. The first kappa shape index (κ1) is 16.2. The first-order valence-corrected chi connectivity index (χ1v) is 8.67. The number of nitrogens with zero attached hydrogens (tertiary/aromatic N) is 2. The Morgan fingerprint density at radius 3 is 2.76 bits per heavy atom. The van der Waals surface area contributed by atoms with Crippen LogP contribution < -0.4 is 5.73 Å². The van der Waals surface area contributed by atoms with Crippen molar-refractivity contribution in [2.24, 2.45) is 5.73 Å². The molecule has 0 aromatic heterocycles. The first-order chi connectivity index (χ1) is 9.91. The second-order valence-corrected chi connectivity index (χ2v) is 7.48. The fraction of sp³-hybridized carbons (Fsp3) is 0.500. The molecule has 1 aliphatic rings. The second kappa shape index (κ2) is 6.32. The van der Waals surface area contributed by atoms with Gasteiger partial charge in [-0.25, -0.2) is 8.42 Å². The summed E-state index contributed by atoms with van der Waals surface area (Å²) in [6.07, 6.45) is 2.54. The van der Waals surface area contributed by atoms with Crippen molar-refractivity contribution in [2.45, 2.75) is 43.2 Å². The minimum absolute atomic E-state index is 0.0374. The highest BCUT2D eigenvalue weighted by Gasteiger charge is 2.38. The van der Waals surface area contributed by atoms with Gasteiger partial charge >= 0.3 is 0 Å². The molecular weight excluding hydrogens is 310 g/mol. The third-order valence-corrected chi connectivity index (χ3v) is 6.39. The molecule has 2 N–H and O–H groups in total. The van der Waals surface area contributed by atoms with Crippen LogP contribution in [-0.4, -0.2) is 31.4 Å². The SMILES string of the molecule is CC1CCCC(CN)N1S(=O)(=O)c1ccc(C#N)cc1Cl. The van der Waals surface area contributed by atoms with Crippen molar-refractivity contribution < 1.29 is 8.42 Å². The minimum atomic E-state index is -3.72. The lowest BCUT2D eigenvalue weighted by molar-refractivity contribution is 0.196. The summed E-state index contributed by atoms with van der Waals surface area (Å²) in [5.74, 6) is 0. The van der Waals surface area contributed by atoms with E-state index < -0.39 is 10.0 Å². The third kappa shape index (κ3) is 3.06. The Kier molecular flexibility index (Phi) is 4.89. The molecule has 0 bridgehead atoms. The van der Waals surface area contributed by atoms with E-state index in [4.69, 9.17) is 22.6 Å². The maximum absolute atomic E-state index is 12.9. The van der Waals surface area contributed by atoms with Crippen molar-refractivity contribution in [3.63, 3.8) is 0 Å². The number of piperidine rings is 1. The van der Waals surface area contributed by atoms with E-state index in [-0.39, 0.29) is 28.5 Å². The zero-order chi connectivity index (χ0) is 15.6. The fourth-order valence-electron chi connectivity index (χ4n) is 2.81. The van der Waals surface area contributed by atoms with Gasteiger partial charge < -0.3 is 5.73 Å². The Balaban J connectivity index is 2.48. The van der Waals surface area contributed by atoms with Crippen LogP contribution in [-0.2, 0) is 10.0 Å². The van der Waals surface area contributed by atoms with E-state index in [2.05, 4.69) is 0 Å². The Morgan fingerprint density at radius 1 is 1.48 bits per heavy atom. The molecule has 0 radical (unpaired) electrons. The Hall–Kier alpha value is -1.13.